The standard InChI is InChI=1S/C19H19F5NO4P/c1-10(2)27-19(26)11(3)25-30(4,28-12-8-6-5-7-9-12)29-18-16(23)14(21)13(20)15(22)17(18)24/h5-11,25H,4H2,1-3H3/t11-,30?/m1/s1. The number of hydrogen-bond donors (Lipinski definition) is 1. The highest BCUT2D eigenvalue weighted by atomic mass is 31.2. The van der Waals surface area contributed by atoms with E-state index in [0.717, 1.165) is 0 Å². The van der Waals surface area contributed by atoms with Crippen LogP contribution in [0.1, 0.15) is 20.8 Å². The van der Waals surface area contributed by atoms with Crippen LogP contribution in [0.4, 0.5) is 22.0 Å². The van der Waals surface area contributed by atoms with Crippen molar-refractivity contribution in [1.29, 1.82) is 0 Å². The first kappa shape index (κ1) is 23.7. The SMILES string of the molecule is C=P(N[C@H](C)C(=O)OC(C)C)(Oc1ccccc1)Oc1c(F)c(F)c(F)c(F)c1F. The van der Waals surface area contributed by atoms with Crippen LogP contribution in [0, 0.1) is 29.1 Å². The fourth-order valence-corrected chi connectivity index (χ4v) is 3.97. The molecule has 0 aliphatic rings. The van der Waals surface area contributed by atoms with E-state index >= 15 is 0 Å². The number of halogens is 5. The maximum atomic E-state index is 14.1. The molecule has 11 heteroatoms. The lowest BCUT2D eigenvalue weighted by molar-refractivity contribution is -0.149. The summed E-state index contributed by atoms with van der Waals surface area (Å²) in [5.74, 6) is -13.4. The second-order valence-corrected chi connectivity index (χ2v) is 8.37. The molecule has 0 aromatic heterocycles. The van der Waals surface area contributed by atoms with Gasteiger partial charge in [-0.05, 0) is 39.2 Å². The van der Waals surface area contributed by atoms with Gasteiger partial charge in [0.25, 0.3) is 7.49 Å². The Morgan fingerprint density at radius 3 is 1.90 bits per heavy atom. The van der Waals surface area contributed by atoms with Crippen molar-refractivity contribution in [1.82, 2.24) is 5.09 Å². The highest BCUT2D eigenvalue weighted by Crippen LogP contribution is 2.47. The number of benzene rings is 2. The van der Waals surface area contributed by atoms with Gasteiger partial charge in [-0.25, -0.2) is 18.3 Å². The van der Waals surface area contributed by atoms with Gasteiger partial charge in [0.2, 0.25) is 34.8 Å². The van der Waals surface area contributed by atoms with Crippen LogP contribution in [-0.4, -0.2) is 24.4 Å². The quantitative estimate of drug-likeness (QED) is 0.202. The van der Waals surface area contributed by atoms with Crippen LogP contribution in [0.25, 0.3) is 0 Å². The number of carbonyl (C=O) groups is 1. The van der Waals surface area contributed by atoms with E-state index in [2.05, 4.69) is 11.4 Å². The van der Waals surface area contributed by atoms with Crippen molar-refractivity contribution in [2.24, 2.45) is 0 Å². The molecule has 0 saturated heterocycles. The van der Waals surface area contributed by atoms with Gasteiger partial charge in [-0.1, -0.05) is 18.2 Å². The highest BCUT2D eigenvalue weighted by Gasteiger charge is 2.33. The molecule has 1 N–H and O–H groups in total. The second-order valence-electron chi connectivity index (χ2n) is 6.40. The van der Waals surface area contributed by atoms with Crippen LogP contribution in [0.15, 0.2) is 30.3 Å². The van der Waals surface area contributed by atoms with Crippen molar-refractivity contribution in [3.8, 4) is 11.5 Å². The molecule has 0 heterocycles. The molecule has 0 bridgehead atoms. The molecule has 30 heavy (non-hydrogen) atoms. The Labute approximate surface area is 169 Å². The van der Waals surface area contributed by atoms with Crippen molar-refractivity contribution in [2.45, 2.75) is 32.9 Å². The maximum absolute atomic E-state index is 14.1. The van der Waals surface area contributed by atoms with Crippen LogP contribution in [0.5, 0.6) is 11.5 Å². The van der Waals surface area contributed by atoms with Crippen LogP contribution >= 0.6 is 7.49 Å². The third kappa shape index (κ3) is 5.52. The van der Waals surface area contributed by atoms with Gasteiger partial charge in [0.15, 0.2) is 0 Å². The molecule has 0 aliphatic heterocycles. The molecule has 164 valence electrons. The number of para-hydroxylation sites is 1. The Hall–Kier alpha value is -2.58. The monoisotopic (exact) mass is 451 g/mol. The first-order chi connectivity index (χ1) is 13.9. The summed E-state index contributed by atoms with van der Waals surface area (Å²) in [6.07, 6.45) is 3.13. The van der Waals surface area contributed by atoms with Crippen LogP contribution in [-0.2, 0) is 9.53 Å². The Bertz CT molecular complexity index is 942. The van der Waals surface area contributed by atoms with E-state index < -0.39 is 60.4 Å². The molecule has 2 rings (SSSR count). The predicted molar refractivity (Wildman–Crippen MR) is 102 cm³/mol. The summed E-state index contributed by atoms with van der Waals surface area (Å²) in [6, 6.07) is 6.52. The van der Waals surface area contributed by atoms with Gasteiger partial charge < -0.3 is 13.8 Å². The number of ether oxygens (including phenoxy) is 1. The van der Waals surface area contributed by atoms with E-state index in [4.69, 9.17) is 13.8 Å². The summed E-state index contributed by atoms with van der Waals surface area (Å²) in [7, 11) is -3.91. The number of carbonyl (C=O) groups excluding carboxylic acids is 1. The molecular formula is C19H19F5NO4P. The Morgan fingerprint density at radius 1 is 0.900 bits per heavy atom. The molecule has 1 unspecified atom stereocenters. The van der Waals surface area contributed by atoms with E-state index in [1.165, 1.54) is 19.1 Å². The fraction of sp³-hybridized carbons (Fsp3) is 0.263. The molecular weight excluding hydrogens is 432 g/mol. The largest absolute Gasteiger partial charge is 0.462 e. The van der Waals surface area contributed by atoms with Gasteiger partial charge in [-0.15, -0.1) is 0 Å². The van der Waals surface area contributed by atoms with Gasteiger partial charge in [-0.2, -0.15) is 8.78 Å². The van der Waals surface area contributed by atoms with Crippen molar-refractivity contribution >= 4 is 19.8 Å². The minimum atomic E-state index is -3.91. The third-order valence-corrected chi connectivity index (χ3v) is 5.26. The molecule has 5 nitrogen and oxygen atoms in total. The average Bonchev–Trinajstić information content (AvgIpc) is 2.68. The topological polar surface area (TPSA) is 56.8 Å². The van der Waals surface area contributed by atoms with E-state index in [-0.39, 0.29) is 5.75 Å². The Balaban J connectivity index is 2.45. The number of esters is 1. The minimum Gasteiger partial charge on any atom is -0.462 e. The lowest BCUT2D eigenvalue weighted by atomic mass is 10.3. The molecule has 0 amide bonds. The van der Waals surface area contributed by atoms with E-state index in [1.807, 2.05) is 0 Å². The first-order valence-electron chi connectivity index (χ1n) is 8.62. The first-order valence-corrected chi connectivity index (χ1v) is 10.4. The zero-order valence-electron chi connectivity index (χ0n) is 16.2. The van der Waals surface area contributed by atoms with Gasteiger partial charge in [-0.3, -0.25) is 4.79 Å². The zero-order chi connectivity index (χ0) is 22.6. The van der Waals surface area contributed by atoms with E-state index in [0.29, 0.717) is 0 Å². The van der Waals surface area contributed by atoms with E-state index in [1.54, 1.807) is 32.0 Å². The summed E-state index contributed by atoms with van der Waals surface area (Å²) in [6.45, 7) is 4.53. The van der Waals surface area contributed by atoms with Crippen molar-refractivity contribution in [2.75, 3.05) is 0 Å². The van der Waals surface area contributed by atoms with Crippen LogP contribution in [0.2, 0.25) is 0 Å². The normalized spacial score (nSPS) is 14.2. The molecule has 0 fully saturated rings. The molecule has 2 aromatic carbocycles. The summed E-state index contributed by atoms with van der Waals surface area (Å²) in [4.78, 5) is 12.1. The van der Waals surface area contributed by atoms with Crippen LogP contribution < -0.4 is 14.1 Å². The summed E-state index contributed by atoms with van der Waals surface area (Å²) in [5.41, 5.74) is 0. The van der Waals surface area contributed by atoms with Gasteiger partial charge in [0.1, 0.15) is 11.8 Å². The second kappa shape index (κ2) is 9.49. The third-order valence-electron chi connectivity index (χ3n) is 3.50. The maximum Gasteiger partial charge on any atom is 0.323 e. The minimum absolute atomic E-state index is 0.113. The van der Waals surface area contributed by atoms with Crippen molar-refractivity contribution in [3.05, 3.63) is 59.4 Å². The smallest absolute Gasteiger partial charge is 0.323 e. The molecule has 2 aromatic rings. The summed E-state index contributed by atoms with van der Waals surface area (Å²) < 4.78 is 84.3. The molecule has 2 atom stereocenters. The molecule has 0 aliphatic carbocycles. The lowest BCUT2D eigenvalue weighted by Gasteiger charge is -2.29. The van der Waals surface area contributed by atoms with Crippen LogP contribution in [0.3, 0.4) is 0 Å². The molecule has 0 radical (unpaired) electrons. The van der Waals surface area contributed by atoms with E-state index in [9.17, 15) is 26.7 Å². The Morgan fingerprint density at radius 2 is 1.40 bits per heavy atom. The summed E-state index contributed by atoms with van der Waals surface area (Å²) >= 11 is 0. The van der Waals surface area contributed by atoms with Crippen molar-refractivity contribution < 1.29 is 40.5 Å². The van der Waals surface area contributed by atoms with Gasteiger partial charge in [0, 0.05) is 0 Å². The number of rotatable bonds is 8. The predicted octanol–water partition coefficient (Wildman–Crippen LogP) is 4.96. The number of nitrogens with one attached hydrogen (secondary N) is 1. The van der Waals surface area contributed by atoms with Crippen molar-refractivity contribution in [3.63, 3.8) is 0 Å². The van der Waals surface area contributed by atoms with Gasteiger partial charge in [0.05, 0.1) is 6.10 Å². The molecule has 0 saturated carbocycles. The zero-order valence-corrected chi connectivity index (χ0v) is 17.1. The highest BCUT2D eigenvalue weighted by molar-refractivity contribution is 7.63. The lowest BCUT2D eigenvalue weighted by Crippen LogP contribution is -2.37. The molecule has 0 spiro atoms. The average molecular weight is 451 g/mol. The fourth-order valence-electron chi connectivity index (χ4n) is 2.22. The number of hydrogen-bond acceptors (Lipinski definition) is 5. The summed E-state index contributed by atoms with van der Waals surface area (Å²) in [5, 5.41) is 2.51. The Kier molecular flexibility index (Phi) is 7.49. The van der Waals surface area contributed by atoms with Gasteiger partial charge >= 0.3 is 5.97 Å².